The Bertz CT molecular complexity index is 1010. The number of imidazole rings is 1. The number of rotatable bonds is 2. The van der Waals surface area contributed by atoms with Crippen LogP contribution in [0.25, 0.3) is 16.9 Å². The number of carbonyl (C=O) groups is 1. The van der Waals surface area contributed by atoms with Crippen molar-refractivity contribution in [3.05, 3.63) is 40.8 Å². The Kier molecular flexibility index (Phi) is 8.30. The van der Waals surface area contributed by atoms with Crippen LogP contribution in [-0.2, 0) is 4.79 Å². The predicted molar refractivity (Wildman–Crippen MR) is 101 cm³/mol. The number of anilines is 2. The van der Waals surface area contributed by atoms with E-state index in [1.165, 1.54) is 23.6 Å². The van der Waals surface area contributed by atoms with Crippen LogP contribution >= 0.6 is 0 Å². The average Bonchev–Trinajstić information content (AvgIpc) is 3.08. The van der Waals surface area contributed by atoms with Gasteiger partial charge in [0.25, 0.3) is 5.56 Å². The maximum Gasteiger partial charge on any atom is 0.388 e. The first-order chi connectivity index (χ1) is 13.6. The minimum absolute atomic E-state index is 0.129. The highest BCUT2D eigenvalue weighted by molar-refractivity contribution is 5.62. The third-order valence-corrected chi connectivity index (χ3v) is 3.29. The molecule has 0 aromatic carbocycles. The summed E-state index contributed by atoms with van der Waals surface area (Å²) in [5.41, 5.74) is 5.90. The monoisotopic (exact) mass is 416 g/mol. The predicted octanol–water partition coefficient (Wildman–Crippen LogP) is 3.01. The number of alkyl halides is 3. The van der Waals surface area contributed by atoms with E-state index in [1.54, 1.807) is 19.4 Å². The van der Waals surface area contributed by atoms with Crippen LogP contribution in [-0.4, -0.2) is 38.9 Å². The molecule has 3 rings (SSSR count). The van der Waals surface area contributed by atoms with E-state index in [9.17, 15) is 22.4 Å². The summed E-state index contributed by atoms with van der Waals surface area (Å²) in [5.74, 6) is -0.0814. The van der Waals surface area contributed by atoms with Crippen LogP contribution in [0, 0.1) is 5.82 Å². The Balaban J connectivity index is 0.000000397. The molecule has 0 fully saturated rings. The van der Waals surface area contributed by atoms with Crippen LogP contribution in [0.2, 0.25) is 0 Å². The second kappa shape index (κ2) is 10.2. The van der Waals surface area contributed by atoms with Gasteiger partial charge in [0, 0.05) is 25.2 Å². The lowest BCUT2D eigenvalue weighted by Gasteiger charge is -2.03. The van der Waals surface area contributed by atoms with E-state index < -0.39 is 24.0 Å². The van der Waals surface area contributed by atoms with Crippen molar-refractivity contribution in [1.82, 2.24) is 19.4 Å². The van der Waals surface area contributed by atoms with Gasteiger partial charge in [-0.05, 0) is 13.0 Å². The minimum atomic E-state index is -3.96. The molecular formula is C17H20F4N6O2. The first-order valence-electron chi connectivity index (χ1n) is 8.23. The highest BCUT2D eigenvalue weighted by Gasteiger charge is 2.22. The number of carbonyl (C=O) groups excluding carboxylic acids is 1. The fourth-order valence-electron chi connectivity index (χ4n) is 1.88. The number of hydrogen-bond acceptors (Lipinski definition) is 6. The lowest BCUT2D eigenvalue weighted by Crippen LogP contribution is -2.14. The molecule has 3 heterocycles. The van der Waals surface area contributed by atoms with Gasteiger partial charge in [-0.2, -0.15) is 13.2 Å². The van der Waals surface area contributed by atoms with Crippen molar-refractivity contribution < 1.29 is 22.4 Å². The van der Waals surface area contributed by atoms with Crippen molar-refractivity contribution in [2.24, 2.45) is 0 Å². The maximum atomic E-state index is 14.0. The molecule has 8 nitrogen and oxygen atoms in total. The average molecular weight is 416 g/mol. The van der Waals surface area contributed by atoms with Crippen LogP contribution in [0.1, 0.15) is 20.3 Å². The zero-order valence-electron chi connectivity index (χ0n) is 15.8. The summed E-state index contributed by atoms with van der Waals surface area (Å²) in [4.78, 5) is 30.6. The normalized spacial score (nSPS) is 10.4. The molecule has 4 N–H and O–H groups in total. The summed E-state index contributed by atoms with van der Waals surface area (Å²) in [5, 5.41) is 2.83. The molecule has 0 aliphatic carbocycles. The van der Waals surface area contributed by atoms with E-state index >= 15 is 0 Å². The zero-order valence-corrected chi connectivity index (χ0v) is 15.8. The third kappa shape index (κ3) is 6.90. The van der Waals surface area contributed by atoms with Gasteiger partial charge in [0.1, 0.15) is 12.1 Å². The van der Waals surface area contributed by atoms with Gasteiger partial charge in [-0.25, -0.2) is 14.4 Å². The van der Waals surface area contributed by atoms with Crippen molar-refractivity contribution in [3.63, 3.8) is 0 Å². The molecule has 3 aromatic rings. The highest BCUT2D eigenvalue weighted by atomic mass is 19.4. The molecule has 158 valence electrons. The van der Waals surface area contributed by atoms with E-state index in [4.69, 9.17) is 10.5 Å². The Morgan fingerprint density at radius 3 is 2.41 bits per heavy atom. The maximum absolute atomic E-state index is 14.0. The van der Waals surface area contributed by atoms with Crippen molar-refractivity contribution in [3.8, 4) is 11.3 Å². The Morgan fingerprint density at radius 2 is 1.93 bits per heavy atom. The van der Waals surface area contributed by atoms with Gasteiger partial charge in [0.2, 0.25) is 0 Å². The minimum Gasteiger partial charge on any atom is -0.379 e. The number of hydrogen-bond donors (Lipinski definition) is 3. The number of nitrogens with zero attached hydrogens (tertiary/aromatic N) is 3. The number of aromatic nitrogens is 4. The topological polar surface area (TPSA) is 118 Å². The van der Waals surface area contributed by atoms with Crippen molar-refractivity contribution in [1.29, 1.82) is 0 Å². The largest absolute Gasteiger partial charge is 0.388 e. The Hall–Kier alpha value is -3.44. The number of nitrogen functional groups attached to an aromatic ring is 1. The van der Waals surface area contributed by atoms with Gasteiger partial charge in [-0.1, -0.05) is 6.92 Å². The molecule has 3 aromatic heterocycles. The SMILES string of the molecule is CC=O.CCC(F)(F)F.CNc1cn2cc(-c3cnc(N)c(=O)[nH]3)cc(F)c2n1. The molecule has 0 spiro atoms. The molecule has 0 amide bonds. The lowest BCUT2D eigenvalue weighted by molar-refractivity contribution is -0.130. The number of aromatic amines is 1. The molecule has 12 heteroatoms. The molecule has 0 unspecified atom stereocenters. The van der Waals surface area contributed by atoms with Gasteiger partial charge >= 0.3 is 6.18 Å². The second-order valence-corrected chi connectivity index (χ2v) is 5.40. The smallest absolute Gasteiger partial charge is 0.379 e. The number of pyridine rings is 1. The van der Waals surface area contributed by atoms with E-state index in [0.29, 0.717) is 17.1 Å². The van der Waals surface area contributed by atoms with Crippen molar-refractivity contribution in [2.45, 2.75) is 26.4 Å². The summed E-state index contributed by atoms with van der Waals surface area (Å²) in [6, 6.07) is 1.28. The van der Waals surface area contributed by atoms with Crippen LogP contribution < -0.4 is 16.6 Å². The standard InChI is InChI=1S/C12H11FN6O.C3H5F3.C2H4O/c1-15-9-5-19-4-6(2-7(13)11(19)18-9)8-3-16-10(14)12(20)17-8;1-2-3(4,5)6;1-2-3/h2-5,15H,1H3,(H2,14,16)(H,17,20);2H2,1H3;2H,1H3. The number of nitrogens with one attached hydrogen (secondary N) is 2. The highest BCUT2D eigenvalue weighted by Crippen LogP contribution is 2.21. The molecule has 0 atom stereocenters. The van der Waals surface area contributed by atoms with Gasteiger partial charge in [-0.15, -0.1) is 0 Å². The molecule has 0 bridgehead atoms. The van der Waals surface area contributed by atoms with E-state index in [2.05, 4.69) is 20.3 Å². The van der Waals surface area contributed by atoms with Crippen molar-refractivity contribution in [2.75, 3.05) is 18.1 Å². The van der Waals surface area contributed by atoms with Crippen molar-refractivity contribution >= 4 is 23.6 Å². The molecule has 0 aliphatic heterocycles. The molecule has 0 saturated heterocycles. The number of fused-ring (bicyclic) bond motifs is 1. The molecule has 0 radical (unpaired) electrons. The molecule has 0 aliphatic rings. The summed E-state index contributed by atoms with van der Waals surface area (Å²) in [6.45, 7) is 2.53. The summed E-state index contributed by atoms with van der Waals surface area (Å²) in [6.07, 6.45) is 0.737. The molecular weight excluding hydrogens is 396 g/mol. The van der Waals surface area contributed by atoms with E-state index in [1.807, 2.05) is 0 Å². The summed E-state index contributed by atoms with van der Waals surface area (Å²) >= 11 is 0. The van der Waals surface area contributed by atoms with Crippen LogP contribution in [0.5, 0.6) is 0 Å². The fourth-order valence-corrected chi connectivity index (χ4v) is 1.88. The van der Waals surface area contributed by atoms with Gasteiger partial charge in [-0.3, -0.25) is 4.79 Å². The fraction of sp³-hybridized carbons (Fsp3) is 0.294. The Labute approximate surface area is 162 Å². The van der Waals surface area contributed by atoms with Crippen LogP contribution in [0.15, 0.2) is 29.5 Å². The summed E-state index contributed by atoms with van der Waals surface area (Å²) in [7, 11) is 1.70. The van der Waals surface area contributed by atoms with E-state index in [-0.39, 0.29) is 11.5 Å². The first kappa shape index (κ1) is 23.6. The quantitative estimate of drug-likeness (QED) is 0.437. The van der Waals surface area contributed by atoms with Crippen LogP contribution in [0.4, 0.5) is 29.2 Å². The van der Waals surface area contributed by atoms with Crippen LogP contribution in [0.3, 0.4) is 0 Å². The Morgan fingerprint density at radius 1 is 1.34 bits per heavy atom. The lowest BCUT2D eigenvalue weighted by atomic mass is 10.2. The third-order valence-electron chi connectivity index (χ3n) is 3.29. The van der Waals surface area contributed by atoms with Gasteiger partial charge < -0.3 is 25.2 Å². The molecule has 29 heavy (non-hydrogen) atoms. The number of nitrogens with two attached hydrogens (primary N) is 1. The number of H-pyrrole nitrogens is 1. The number of halogens is 4. The van der Waals surface area contributed by atoms with Gasteiger partial charge in [0.15, 0.2) is 17.3 Å². The van der Waals surface area contributed by atoms with E-state index in [0.717, 1.165) is 13.2 Å². The zero-order chi connectivity index (χ0) is 22.2. The molecule has 0 saturated carbocycles. The second-order valence-electron chi connectivity index (χ2n) is 5.40. The first-order valence-corrected chi connectivity index (χ1v) is 8.23. The summed E-state index contributed by atoms with van der Waals surface area (Å²) < 4.78 is 47.9. The number of aldehydes is 1. The van der Waals surface area contributed by atoms with Gasteiger partial charge in [0.05, 0.1) is 18.1 Å².